The summed E-state index contributed by atoms with van der Waals surface area (Å²) in [5.74, 6) is 0. The SMILES string of the molecule is CCCN(Cc1nnsc1NCC)C1CC1. The molecule has 1 aliphatic carbocycles. The number of hydrogen-bond donors (Lipinski definition) is 1. The van der Waals surface area contributed by atoms with E-state index in [9.17, 15) is 0 Å². The molecule has 16 heavy (non-hydrogen) atoms. The molecule has 5 heteroatoms. The van der Waals surface area contributed by atoms with E-state index in [1.54, 1.807) is 0 Å². The summed E-state index contributed by atoms with van der Waals surface area (Å²) in [5.41, 5.74) is 1.12. The summed E-state index contributed by atoms with van der Waals surface area (Å²) >= 11 is 1.47. The van der Waals surface area contributed by atoms with Crippen molar-refractivity contribution in [2.45, 2.75) is 45.7 Å². The van der Waals surface area contributed by atoms with Crippen LogP contribution in [0, 0.1) is 0 Å². The van der Waals surface area contributed by atoms with Crippen molar-refractivity contribution in [3.63, 3.8) is 0 Å². The van der Waals surface area contributed by atoms with E-state index in [0.29, 0.717) is 0 Å². The van der Waals surface area contributed by atoms with E-state index in [4.69, 9.17) is 0 Å². The molecule has 0 aromatic carbocycles. The Morgan fingerprint density at radius 2 is 2.25 bits per heavy atom. The zero-order valence-corrected chi connectivity index (χ0v) is 10.9. The van der Waals surface area contributed by atoms with Crippen LogP contribution in [-0.2, 0) is 6.54 Å². The first-order chi connectivity index (χ1) is 7.85. The molecule has 2 rings (SSSR count). The summed E-state index contributed by atoms with van der Waals surface area (Å²) < 4.78 is 4.04. The fourth-order valence-electron chi connectivity index (χ4n) is 1.92. The predicted octanol–water partition coefficient (Wildman–Crippen LogP) is 2.34. The summed E-state index contributed by atoms with van der Waals surface area (Å²) in [6.07, 6.45) is 3.92. The van der Waals surface area contributed by atoms with Crippen molar-refractivity contribution in [2.24, 2.45) is 0 Å². The highest BCUT2D eigenvalue weighted by molar-refractivity contribution is 7.10. The van der Waals surface area contributed by atoms with Gasteiger partial charge in [0.05, 0.1) is 0 Å². The molecule has 0 spiro atoms. The summed E-state index contributed by atoms with van der Waals surface area (Å²) in [6.45, 7) is 7.41. The second-order valence-electron chi connectivity index (χ2n) is 4.28. The van der Waals surface area contributed by atoms with E-state index in [2.05, 4.69) is 33.7 Å². The van der Waals surface area contributed by atoms with E-state index < -0.39 is 0 Å². The summed E-state index contributed by atoms with van der Waals surface area (Å²) in [6, 6.07) is 0.802. The topological polar surface area (TPSA) is 41.1 Å². The Balaban J connectivity index is 1.97. The highest BCUT2D eigenvalue weighted by Crippen LogP contribution is 2.29. The molecule has 0 unspecified atom stereocenters. The second-order valence-corrected chi connectivity index (χ2v) is 5.03. The van der Waals surface area contributed by atoms with Crippen molar-refractivity contribution in [1.29, 1.82) is 0 Å². The third kappa shape index (κ3) is 2.92. The monoisotopic (exact) mass is 240 g/mol. The molecule has 1 heterocycles. The maximum Gasteiger partial charge on any atom is 0.134 e. The lowest BCUT2D eigenvalue weighted by atomic mass is 10.3. The highest BCUT2D eigenvalue weighted by atomic mass is 32.1. The predicted molar refractivity (Wildman–Crippen MR) is 67.8 cm³/mol. The van der Waals surface area contributed by atoms with Gasteiger partial charge in [-0.3, -0.25) is 4.90 Å². The van der Waals surface area contributed by atoms with Crippen LogP contribution >= 0.6 is 11.5 Å². The van der Waals surface area contributed by atoms with Gasteiger partial charge in [-0.05, 0) is 32.7 Å². The van der Waals surface area contributed by atoms with Gasteiger partial charge in [0.25, 0.3) is 0 Å². The number of nitrogens with one attached hydrogen (secondary N) is 1. The zero-order valence-electron chi connectivity index (χ0n) is 10.1. The van der Waals surface area contributed by atoms with Gasteiger partial charge in [0.15, 0.2) is 0 Å². The van der Waals surface area contributed by atoms with Crippen LogP contribution in [-0.4, -0.2) is 33.6 Å². The molecule has 0 atom stereocenters. The van der Waals surface area contributed by atoms with Gasteiger partial charge in [0.1, 0.15) is 10.7 Å². The molecule has 1 N–H and O–H groups in total. The Bertz CT molecular complexity index is 322. The molecule has 0 amide bonds. The summed E-state index contributed by atoms with van der Waals surface area (Å²) in [5, 5.41) is 8.70. The van der Waals surface area contributed by atoms with Gasteiger partial charge in [-0.2, -0.15) is 0 Å². The van der Waals surface area contributed by atoms with Crippen molar-refractivity contribution in [3.8, 4) is 0 Å². The largest absolute Gasteiger partial charge is 0.374 e. The Labute approximate surface area is 101 Å². The van der Waals surface area contributed by atoms with E-state index in [-0.39, 0.29) is 0 Å². The molecule has 1 saturated carbocycles. The van der Waals surface area contributed by atoms with E-state index in [0.717, 1.165) is 29.8 Å². The van der Waals surface area contributed by atoms with Crippen LogP contribution in [0.4, 0.5) is 5.00 Å². The van der Waals surface area contributed by atoms with Crippen molar-refractivity contribution in [1.82, 2.24) is 14.5 Å². The highest BCUT2D eigenvalue weighted by Gasteiger charge is 2.29. The van der Waals surface area contributed by atoms with Crippen LogP contribution in [0.1, 0.15) is 38.8 Å². The van der Waals surface area contributed by atoms with Crippen LogP contribution in [0.25, 0.3) is 0 Å². The van der Waals surface area contributed by atoms with Crippen LogP contribution in [0.5, 0.6) is 0 Å². The van der Waals surface area contributed by atoms with Crippen molar-refractivity contribution in [2.75, 3.05) is 18.4 Å². The third-order valence-electron chi connectivity index (χ3n) is 2.82. The van der Waals surface area contributed by atoms with E-state index >= 15 is 0 Å². The normalized spacial score (nSPS) is 15.7. The smallest absolute Gasteiger partial charge is 0.134 e. The first-order valence-corrected chi connectivity index (χ1v) is 6.91. The lowest BCUT2D eigenvalue weighted by Gasteiger charge is -2.20. The molecule has 90 valence electrons. The Hall–Kier alpha value is -0.680. The minimum absolute atomic E-state index is 0.802. The fraction of sp³-hybridized carbons (Fsp3) is 0.818. The maximum atomic E-state index is 4.23. The van der Waals surface area contributed by atoms with Gasteiger partial charge >= 0.3 is 0 Å². The molecule has 1 aromatic heterocycles. The van der Waals surface area contributed by atoms with Gasteiger partial charge in [0.2, 0.25) is 0 Å². The molecule has 0 aliphatic heterocycles. The minimum atomic E-state index is 0.802. The first-order valence-electron chi connectivity index (χ1n) is 6.14. The van der Waals surface area contributed by atoms with E-state index in [1.807, 2.05) is 0 Å². The first kappa shape index (κ1) is 11.8. The van der Waals surface area contributed by atoms with Gasteiger partial charge in [-0.15, -0.1) is 5.10 Å². The van der Waals surface area contributed by atoms with Crippen molar-refractivity contribution >= 4 is 16.5 Å². The molecule has 0 saturated heterocycles. The van der Waals surface area contributed by atoms with Gasteiger partial charge in [-0.1, -0.05) is 11.4 Å². The number of anilines is 1. The average molecular weight is 240 g/mol. The quantitative estimate of drug-likeness (QED) is 0.794. The van der Waals surface area contributed by atoms with Gasteiger partial charge in [-0.25, -0.2) is 0 Å². The number of nitrogens with zero attached hydrogens (tertiary/aromatic N) is 3. The van der Waals surface area contributed by atoms with Gasteiger partial charge < -0.3 is 5.32 Å². The fourth-order valence-corrected chi connectivity index (χ4v) is 2.56. The van der Waals surface area contributed by atoms with Crippen LogP contribution in [0.3, 0.4) is 0 Å². The lowest BCUT2D eigenvalue weighted by molar-refractivity contribution is 0.252. The molecule has 1 aromatic rings. The average Bonchev–Trinajstić information content (AvgIpc) is 3.03. The standard InChI is InChI=1S/C11H20N4S/c1-3-7-15(9-5-6-9)8-10-11(12-4-2)16-14-13-10/h9,12H,3-8H2,1-2H3. The molecular formula is C11H20N4S. The van der Waals surface area contributed by atoms with Crippen LogP contribution < -0.4 is 5.32 Å². The second kappa shape index (κ2) is 5.59. The molecule has 4 nitrogen and oxygen atoms in total. The van der Waals surface area contributed by atoms with Gasteiger partial charge in [0, 0.05) is 30.7 Å². The Kier molecular flexibility index (Phi) is 4.12. The minimum Gasteiger partial charge on any atom is -0.374 e. The molecule has 1 aliphatic rings. The third-order valence-corrected chi connectivity index (χ3v) is 3.55. The zero-order chi connectivity index (χ0) is 11.4. The van der Waals surface area contributed by atoms with Crippen LogP contribution in [0.2, 0.25) is 0 Å². The summed E-state index contributed by atoms with van der Waals surface area (Å²) in [4.78, 5) is 2.54. The van der Waals surface area contributed by atoms with Crippen molar-refractivity contribution < 1.29 is 0 Å². The lowest BCUT2D eigenvalue weighted by Crippen LogP contribution is -2.26. The number of hydrogen-bond acceptors (Lipinski definition) is 5. The van der Waals surface area contributed by atoms with Crippen molar-refractivity contribution in [3.05, 3.63) is 5.69 Å². The molecule has 1 fully saturated rings. The molecular weight excluding hydrogens is 220 g/mol. The Morgan fingerprint density at radius 3 is 2.88 bits per heavy atom. The maximum absolute atomic E-state index is 4.23. The van der Waals surface area contributed by atoms with Crippen LogP contribution in [0.15, 0.2) is 0 Å². The summed E-state index contributed by atoms with van der Waals surface area (Å²) in [7, 11) is 0. The number of aromatic nitrogens is 2. The molecule has 0 radical (unpaired) electrons. The Morgan fingerprint density at radius 1 is 1.44 bits per heavy atom. The van der Waals surface area contributed by atoms with E-state index in [1.165, 1.54) is 37.3 Å². The number of rotatable bonds is 7. The molecule has 0 bridgehead atoms.